The lowest BCUT2D eigenvalue weighted by Crippen LogP contribution is -2.36. The summed E-state index contributed by atoms with van der Waals surface area (Å²) in [5.74, 6) is 1.37. The Balaban J connectivity index is 1.55. The van der Waals surface area contributed by atoms with Gasteiger partial charge in [-0.25, -0.2) is 0 Å². The molecule has 0 saturated heterocycles. The van der Waals surface area contributed by atoms with Crippen LogP contribution in [0.1, 0.15) is 36.8 Å². The molecule has 3 rings (SSSR count). The minimum absolute atomic E-state index is 0.127. The molecular weight excluding hydrogens is 288 g/mol. The highest BCUT2D eigenvalue weighted by Gasteiger charge is 2.55. The molecule has 1 aromatic carbocycles. The summed E-state index contributed by atoms with van der Waals surface area (Å²) in [5, 5.41) is 2.93. The lowest BCUT2D eigenvalue weighted by atomic mass is 10.0. The van der Waals surface area contributed by atoms with Gasteiger partial charge in [0, 0.05) is 18.7 Å². The van der Waals surface area contributed by atoms with E-state index in [2.05, 4.69) is 5.32 Å². The van der Waals surface area contributed by atoms with Crippen molar-refractivity contribution in [3.8, 4) is 0 Å². The van der Waals surface area contributed by atoms with Gasteiger partial charge in [-0.15, -0.1) is 0 Å². The van der Waals surface area contributed by atoms with Crippen LogP contribution in [0, 0.1) is 31.6 Å². The van der Waals surface area contributed by atoms with E-state index in [0.717, 1.165) is 16.8 Å². The van der Waals surface area contributed by atoms with Crippen LogP contribution in [0.3, 0.4) is 0 Å². The number of aryl methyl sites for hydroxylation is 1. The minimum atomic E-state index is -0.127. The predicted octanol–water partition coefficient (Wildman–Crippen LogP) is 3.14. The maximum atomic E-state index is 12.5. The average Bonchev–Trinajstić information content (AvgIpc) is 3.25. The van der Waals surface area contributed by atoms with E-state index in [1.807, 2.05) is 32.0 Å². The Morgan fingerprint density at radius 2 is 1.83 bits per heavy atom. The Bertz CT molecular complexity index is 614. The zero-order valence-electron chi connectivity index (χ0n) is 14.3. The molecular formula is C19H26N2O2. The number of benzene rings is 1. The Morgan fingerprint density at radius 1 is 1.17 bits per heavy atom. The van der Waals surface area contributed by atoms with E-state index >= 15 is 0 Å². The fourth-order valence-electron chi connectivity index (χ4n) is 3.98. The zero-order chi connectivity index (χ0) is 16.6. The van der Waals surface area contributed by atoms with Crippen molar-refractivity contribution in [1.82, 2.24) is 4.90 Å². The highest BCUT2D eigenvalue weighted by molar-refractivity contribution is 5.95. The molecule has 124 valence electrons. The molecule has 2 fully saturated rings. The van der Waals surface area contributed by atoms with E-state index in [-0.39, 0.29) is 24.3 Å². The zero-order valence-corrected chi connectivity index (χ0v) is 14.3. The van der Waals surface area contributed by atoms with E-state index in [1.165, 1.54) is 25.7 Å². The third-order valence-electron chi connectivity index (χ3n) is 5.58. The first-order valence-electron chi connectivity index (χ1n) is 8.60. The Hall–Kier alpha value is -1.84. The van der Waals surface area contributed by atoms with E-state index < -0.39 is 0 Å². The Kier molecular flexibility index (Phi) is 4.42. The van der Waals surface area contributed by atoms with Crippen molar-refractivity contribution >= 4 is 17.5 Å². The monoisotopic (exact) mass is 314 g/mol. The van der Waals surface area contributed by atoms with Crippen molar-refractivity contribution in [2.45, 2.75) is 39.5 Å². The molecule has 0 aromatic heterocycles. The molecule has 1 aromatic rings. The molecule has 4 nitrogen and oxygen atoms in total. The number of nitrogens with zero attached hydrogens (tertiary/aromatic N) is 1. The van der Waals surface area contributed by atoms with Gasteiger partial charge in [0.05, 0.1) is 6.54 Å². The van der Waals surface area contributed by atoms with E-state index in [4.69, 9.17) is 0 Å². The molecule has 0 radical (unpaired) electrons. The third kappa shape index (κ3) is 3.26. The number of fused-ring (bicyclic) bond motifs is 1. The molecule has 0 aliphatic heterocycles. The van der Waals surface area contributed by atoms with Crippen LogP contribution < -0.4 is 5.32 Å². The van der Waals surface area contributed by atoms with Gasteiger partial charge in [0.15, 0.2) is 0 Å². The second-order valence-corrected chi connectivity index (χ2v) is 7.13. The smallest absolute Gasteiger partial charge is 0.243 e. The van der Waals surface area contributed by atoms with Gasteiger partial charge >= 0.3 is 0 Å². The third-order valence-corrected chi connectivity index (χ3v) is 5.58. The molecule has 2 saturated carbocycles. The second kappa shape index (κ2) is 6.34. The number of rotatable bonds is 4. The summed E-state index contributed by atoms with van der Waals surface area (Å²) in [6.45, 7) is 4.15. The van der Waals surface area contributed by atoms with Gasteiger partial charge in [0.2, 0.25) is 11.8 Å². The van der Waals surface area contributed by atoms with Crippen LogP contribution in [0.2, 0.25) is 0 Å². The largest absolute Gasteiger partial charge is 0.336 e. The van der Waals surface area contributed by atoms with Crippen LogP contribution >= 0.6 is 0 Å². The van der Waals surface area contributed by atoms with Gasteiger partial charge in [-0.3, -0.25) is 9.59 Å². The van der Waals surface area contributed by atoms with E-state index in [0.29, 0.717) is 11.8 Å². The molecule has 0 spiro atoms. The van der Waals surface area contributed by atoms with E-state index in [1.54, 1.807) is 11.9 Å². The Labute approximate surface area is 138 Å². The summed E-state index contributed by atoms with van der Waals surface area (Å²) in [7, 11) is 1.75. The number of anilines is 1. The molecule has 4 heteroatoms. The van der Waals surface area contributed by atoms with Crippen LogP contribution in [0.25, 0.3) is 0 Å². The van der Waals surface area contributed by atoms with Gasteiger partial charge in [0.25, 0.3) is 0 Å². The van der Waals surface area contributed by atoms with Crippen molar-refractivity contribution in [1.29, 1.82) is 0 Å². The van der Waals surface area contributed by atoms with Gasteiger partial charge in [0.1, 0.15) is 0 Å². The summed E-state index contributed by atoms with van der Waals surface area (Å²) in [4.78, 5) is 26.4. The predicted molar refractivity (Wildman–Crippen MR) is 91.1 cm³/mol. The second-order valence-electron chi connectivity index (χ2n) is 7.13. The number of amides is 2. The number of hydrogen-bond donors (Lipinski definition) is 1. The van der Waals surface area contributed by atoms with Crippen molar-refractivity contribution in [3.05, 3.63) is 29.3 Å². The normalized spacial score (nSPS) is 25.4. The molecule has 0 bridgehead atoms. The maximum absolute atomic E-state index is 12.5. The first-order chi connectivity index (χ1) is 11.0. The van der Waals surface area contributed by atoms with Gasteiger partial charge in [-0.1, -0.05) is 25.0 Å². The average molecular weight is 314 g/mol. The van der Waals surface area contributed by atoms with Crippen molar-refractivity contribution in [3.63, 3.8) is 0 Å². The van der Waals surface area contributed by atoms with Crippen LogP contribution in [-0.2, 0) is 9.59 Å². The van der Waals surface area contributed by atoms with Crippen LogP contribution in [0.4, 0.5) is 5.69 Å². The summed E-state index contributed by atoms with van der Waals surface area (Å²) >= 11 is 0. The summed E-state index contributed by atoms with van der Waals surface area (Å²) in [6, 6.07) is 5.86. The molecule has 0 unspecified atom stereocenters. The molecule has 2 amide bonds. The van der Waals surface area contributed by atoms with Gasteiger partial charge in [-0.2, -0.15) is 0 Å². The Morgan fingerprint density at radius 3 is 2.48 bits per heavy atom. The van der Waals surface area contributed by atoms with Crippen molar-refractivity contribution in [2.24, 2.45) is 17.8 Å². The number of carbonyl (C=O) groups excluding carboxylic acids is 2. The van der Waals surface area contributed by atoms with Crippen LogP contribution in [0.5, 0.6) is 0 Å². The maximum Gasteiger partial charge on any atom is 0.243 e. The molecule has 2 aliphatic rings. The standard InChI is InChI=1S/C19H26N2O2/c1-12-7-6-10-16(13(12)2)20-17(22)11-21(3)19(23)18-14-8-4-5-9-15(14)18/h6-7,10,14-15,18H,4-5,8-9,11H2,1-3H3,(H,20,22)/t14-,15-/m0/s1. The lowest BCUT2D eigenvalue weighted by Gasteiger charge is -2.18. The highest BCUT2D eigenvalue weighted by Crippen LogP contribution is 2.55. The van der Waals surface area contributed by atoms with Gasteiger partial charge in [-0.05, 0) is 55.7 Å². The van der Waals surface area contributed by atoms with Gasteiger partial charge < -0.3 is 10.2 Å². The minimum Gasteiger partial charge on any atom is -0.336 e. The van der Waals surface area contributed by atoms with Crippen LogP contribution in [-0.4, -0.2) is 30.3 Å². The summed E-state index contributed by atoms with van der Waals surface area (Å²) < 4.78 is 0. The number of nitrogens with one attached hydrogen (secondary N) is 1. The number of likely N-dealkylation sites (N-methyl/N-ethyl adjacent to an activating group) is 1. The van der Waals surface area contributed by atoms with E-state index in [9.17, 15) is 9.59 Å². The lowest BCUT2D eigenvalue weighted by molar-refractivity contribution is -0.135. The first kappa shape index (κ1) is 16.0. The molecule has 23 heavy (non-hydrogen) atoms. The molecule has 0 heterocycles. The fourth-order valence-corrected chi connectivity index (χ4v) is 3.98. The molecule has 2 atom stereocenters. The first-order valence-corrected chi connectivity index (χ1v) is 8.60. The summed E-state index contributed by atoms with van der Waals surface area (Å²) in [5.41, 5.74) is 3.05. The molecule has 1 N–H and O–H groups in total. The highest BCUT2D eigenvalue weighted by atomic mass is 16.2. The fraction of sp³-hybridized carbons (Fsp3) is 0.579. The number of carbonyl (C=O) groups is 2. The quantitative estimate of drug-likeness (QED) is 0.928. The SMILES string of the molecule is Cc1cccc(NC(=O)CN(C)C(=O)C2[C@H]3CCCC[C@H]23)c1C. The van der Waals surface area contributed by atoms with Crippen molar-refractivity contribution < 1.29 is 9.59 Å². The summed E-state index contributed by atoms with van der Waals surface area (Å²) in [6.07, 6.45) is 4.87. The molecule has 2 aliphatic carbocycles. The van der Waals surface area contributed by atoms with Crippen molar-refractivity contribution in [2.75, 3.05) is 18.9 Å². The topological polar surface area (TPSA) is 49.4 Å². The van der Waals surface area contributed by atoms with Crippen LogP contribution in [0.15, 0.2) is 18.2 Å². The number of hydrogen-bond acceptors (Lipinski definition) is 2.